The van der Waals surface area contributed by atoms with Crippen LogP contribution >= 0.6 is 12.4 Å². The number of hydrogen-bond donors (Lipinski definition) is 2. The molecule has 0 spiro atoms. The van der Waals surface area contributed by atoms with E-state index in [0.29, 0.717) is 0 Å². The number of non-ortho nitro benzene ring substituents is 1. The first-order valence-corrected chi connectivity index (χ1v) is 6.90. The maximum absolute atomic E-state index is 10.5. The SMILES string of the molecule is Cc1ccccc1CNCCNc1ccc([N+](=O)[O-])cc1.Cl. The van der Waals surface area contributed by atoms with E-state index < -0.39 is 4.92 Å². The number of nitrogens with one attached hydrogen (secondary N) is 2. The number of nitro benzene ring substituents is 1. The van der Waals surface area contributed by atoms with E-state index in [4.69, 9.17) is 0 Å². The van der Waals surface area contributed by atoms with Crippen molar-refractivity contribution in [2.24, 2.45) is 0 Å². The molecule has 0 saturated carbocycles. The van der Waals surface area contributed by atoms with Crippen LogP contribution in [-0.4, -0.2) is 18.0 Å². The molecule has 2 N–H and O–H groups in total. The molecule has 0 atom stereocenters. The molecule has 0 aliphatic rings. The maximum Gasteiger partial charge on any atom is 0.269 e. The highest BCUT2D eigenvalue weighted by molar-refractivity contribution is 5.85. The Bertz CT molecular complexity index is 603. The number of rotatable bonds is 7. The van der Waals surface area contributed by atoms with Gasteiger partial charge in [-0.05, 0) is 30.2 Å². The third-order valence-electron chi connectivity index (χ3n) is 3.29. The molecule has 0 aliphatic carbocycles. The monoisotopic (exact) mass is 321 g/mol. The second kappa shape index (κ2) is 9.02. The summed E-state index contributed by atoms with van der Waals surface area (Å²) in [5.41, 5.74) is 3.58. The Hall–Kier alpha value is -2.11. The lowest BCUT2D eigenvalue weighted by atomic mass is 10.1. The fourth-order valence-electron chi connectivity index (χ4n) is 2.03. The summed E-state index contributed by atoms with van der Waals surface area (Å²) in [6, 6.07) is 14.7. The summed E-state index contributed by atoms with van der Waals surface area (Å²) in [6.07, 6.45) is 0. The van der Waals surface area contributed by atoms with Gasteiger partial charge in [0.2, 0.25) is 0 Å². The van der Waals surface area contributed by atoms with Crippen molar-refractivity contribution in [1.29, 1.82) is 0 Å². The van der Waals surface area contributed by atoms with E-state index in [9.17, 15) is 10.1 Å². The molecule has 2 aromatic rings. The highest BCUT2D eigenvalue weighted by atomic mass is 35.5. The van der Waals surface area contributed by atoms with Crippen molar-refractivity contribution in [3.05, 3.63) is 69.8 Å². The molecule has 0 radical (unpaired) electrons. The average molecular weight is 322 g/mol. The zero-order valence-corrected chi connectivity index (χ0v) is 13.2. The van der Waals surface area contributed by atoms with Crippen LogP contribution in [0.1, 0.15) is 11.1 Å². The van der Waals surface area contributed by atoms with Gasteiger partial charge in [-0.1, -0.05) is 24.3 Å². The molecular weight excluding hydrogens is 302 g/mol. The fourth-order valence-corrected chi connectivity index (χ4v) is 2.03. The van der Waals surface area contributed by atoms with E-state index in [1.807, 2.05) is 12.1 Å². The highest BCUT2D eigenvalue weighted by Crippen LogP contribution is 2.14. The molecule has 2 rings (SSSR count). The first-order valence-electron chi connectivity index (χ1n) is 6.90. The van der Waals surface area contributed by atoms with Crippen molar-refractivity contribution in [3.63, 3.8) is 0 Å². The molecule has 0 aromatic heterocycles. The highest BCUT2D eigenvalue weighted by Gasteiger charge is 2.03. The predicted molar refractivity (Wildman–Crippen MR) is 91.7 cm³/mol. The first kappa shape index (κ1) is 17.9. The number of benzene rings is 2. The van der Waals surface area contributed by atoms with Gasteiger partial charge >= 0.3 is 0 Å². The van der Waals surface area contributed by atoms with E-state index >= 15 is 0 Å². The van der Waals surface area contributed by atoms with Gasteiger partial charge < -0.3 is 10.6 Å². The quantitative estimate of drug-likeness (QED) is 0.465. The summed E-state index contributed by atoms with van der Waals surface area (Å²) in [5, 5.41) is 17.1. The standard InChI is InChI=1S/C16H19N3O2.ClH/c1-13-4-2-3-5-14(13)12-17-10-11-18-15-6-8-16(9-7-15)19(20)21;/h2-9,17-18H,10-12H2,1H3;1H. The van der Waals surface area contributed by atoms with Crippen LogP contribution in [0.3, 0.4) is 0 Å². The molecule has 0 aliphatic heterocycles. The Kier molecular flexibility index (Phi) is 7.36. The van der Waals surface area contributed by atoms with Crippen LogP contribution in [0.25, 0.3) is 0 Å². The summed E-state index contributed by atoms with van der Waals surface area (Å²) < 4.78 is 0. The zero-order chi connectivity index (χ0) is 15.1. The van der Waals surface area contributed by atoms with Gasteiger partial charge in [0.15, 0.2) is 0 Å². The molecule has 0 amide bonds. The van der Waals surface area contributed by atoms with Gasteiger partial charge in [-0.3, -0.25) is 10.1 Å². The zero-order valence-electron chi connectivity index (χ0n) is 12.4. The first-order chi connectivity index (χ1) is 10.2. The molecule has 0 bridgehead atoms. The van der Waals surface area contributed by atoms with Crippen LogP contribution in [0.15, 0.2) is 48.5 Å². The smallest absolute Gasteiger partial charge is 0.269 e. The van der Waals surface area contributed by atoms with E-state index in [-0.39, 0.29) is 18.1 Å². The molecular formula is C16H20ClN3O2. The van der Waals surface area contributed by atoms with Crippen molar-refractivity contribution in [2.75, 3.05) is 18.4 Å². The Morgan fingerprint density at radius 1 is 1.05 bits per heavy atom. The fraction of sp³-hybridized carbons (Fsp3) is 0.250. The normalized spacial score (nSPS) is 9.86. The van der Waals surface area contributed by atoms with Crippen molar-refractivity contribution in [3.8, 4) is 0 Å². The minimum Gasteiger partial charge on any atom is -0.384 e. The molecule has 118 valence electrons. The van der Waals surface area contributed by atoms with Crippen LogP contribution in [0.2, 0.25) is 0 Å². The van der Waals surface area contributed by atoms with E-state index in [1.54, 1.807) is 12.1 Å². The van der Waals surface area contributed by atoms with Gasteiger partial charge in [0.1, 0.15) is 0 Å². The van der Waals surface area contributed by atoms with E-state index in [1.165, 1.54) is 23.3 Å². The number of halogens is 1. The largest absolute Gasteiger partial charge is 0.384 e. The second-order valence-corrected chi connectivity index (χ2v) is 4.83. The Morgan fingerprint density at radius 3 is 2.36 bits per heavy atom. The van der Waals surface area contributed by atoms with Gasteiger partial charge in [0.25, 0.3) is 5.69 Å². The van der Waals surface area contributed by atoms with Crippen LogP contribution in [0.4, 0.5) is 11.4 Å². The van der Waals surface area contributed by atoms with Gasteiger partial charge in [-0.25, -0.2) is 0 Å². The summed E-state index contributed by atoms with van der Waals surface area (Å²) in [5.74, 6) is 0. The van der Waals surface area contributed by atoms with Crippen molar-refractivity contribution >= 4 is 23.8 Å². The third-order valence-corrected chi connectivity index (χ3v) is 3.29. The van der Waals surface area contributed by atoms with Crippen molar-refractivity contribution in [1.82, 2.24) is 5.32 Å². The van der Waals surface area contributed by atoms with Gasteiger partial charge in [-0.2, -0.15) is 0 Å². The Morgan fingerprint density at radius 2 is 1.73 bits per heavy atom. The molecule has 0 saturated heterocycles. The van der Waals surface area contributed by atoms with Gasteiger partial charge in [0.05, 0.1) is 4.92 Å². The van der Waals surface area contributed by atoms with Crippen LogP contribution in [0.5, 0.6) is 0 Å². The average Bonchev–Trinajstić information content (AvgIpc) is 2.49. The maximum atomic E-state index is 10.5. The predicted octanol–water partition coefficient (Wildman–Crippen LogP) is 3.53. The Labute approximate surface area is 136 Å². The van der Waals surface area contributed by atoms with Crippen molar-refractivity contribution < 1.29 is 4.92 Å². The van der Waals surface area contributed by atoms with E-state index in [0.717, 1.165) is 25.3 Å². The number of nitro groups is 1. The van der Waals surface area contributed by atoms with Crippen molar-refractivity contribution in [2.45, 2.75) is 13.5 Å². The number of aryl methyl sites for hydroxylation is 1. The Balaban J connectivity index is 0.00000242. The lowest BCUT2D eigenvalue weighted by Gasteiger charge is -2.09. The molecule has 0 fully saturated rings. The molecule has 6 heteroatoms. The molecule has 5 nitrogen and oxygen atoms in total. The van der Waals surface area contributed by atoms with Crippen LogP contribution in [-0.2, 0) is 6.54 Å². The number of nitrogens with zero attached hydrogens (tertiary/aromatic N) is 1. The lowest BCUT2D eigenvalue weighted by molar-refractivity contribution is -0.384. The summed E-state index contributed by atoms with van der Waals surface area (Å²) >= 11 is 0. The summed E-state index contributed by atoms with van der Waals surface area (Å²) in [6.45, 7) is 4.54. The lowest BCUT2D eigenvalue weighted by Crippen LogP contribution is -2.22. The molecule has 0 heterocycles. The van der Waals surface area contributed by atoms with E-state index in [2.05, 4.69) is 29.7 Å². The molecule has 0 unspecified atom stereocenters. The van der Waals surface area contributed by atoms with Crippen LogP contribution < -0.4 is 10.6 Å². The summed E-state index contributed by atoms with van der Waals surface area (Å²) in [4.78, 5) is 10.2. The van der Waals surface area contributed by atoms with Gasteiger partial charge in [-0.15, -0.1) is 12.4 Å². The molecule has 22 heavy (non-hydrogen) atoms. The minimum atomic E-state index is -0.395. The topological polar surface area (TPSA) is 67.2 Å². The van der Waals surface area contributed by atoms with Gasteiger partial charge in [0, 0.05) is 37.5 Å². The number of anilines is 1. The number of hydrogen-bond acceptors (Lipinski definition) is 4. The minimum absolute atomic E-state index is 0. The third kappa shape index (κ3) is 5.35. The second-order valence-electron chi connectivity index (χ2n) is 4.83. The summed E-state index contributed by atoms with van der Waals surface area (Å²) in [7, 11) is 0. The van der Waals surface area contributed by atoms with Crippen LogP contribution in [0, 0.1) is 17.0 Å². The molecule has 2 aromatic carbocycles.